The average molecular weight is 400 g/mol. The number of aliphatic hydroxyl groups excluding tert-OH is 1. The first-order chi connectivity index (χ1) is 12.2. The van der Waals surface area contributed by atoms with Crippen LogP contribution in [0, 0.1) is 0 Å². The second kappa shape index (κ2) is 8.55. The minimum absolute atomic E-state index is 0.156. The smallest absolute Gasteiger partial charge is 0.227 e. The van der Waals surface area contributed by atoms with E-state index in [-0.39, 0.29) is 6.61 Å². The standard InChI is InChI=1S/C18H18BrN5O/c19-14-3-1-4-15(12-14)23-18-22-9-6-16(24-18)13-5-8-21-17(11-13)20-7-2-10-25/h1,3-6,8-9,11-12,25H,2,7,10H2,(H,20,21)(H,22,23,24). The molecule has 128 valence electrons. The van der Waals surface area contributed by atoms with E-state index in [1.165, 1.54) is 0 Å². The molecule has 0 unspecified atom stereocenters. The number of rotatable bonds is 7. The first kappa shape index (κ1) is 17.3. The predicted molar refractivity (Wildman–Crippen MR) is 103 cm³/mol. The van der Waals surface area contributed by atoms with Crippen molar-refractivity contribution in [1.82, 2.24) is 15.0 Å². The number of nitrogens with zero attached hydrogens (tertiary/aromatic N) is 3. The third-order valence-corrected chi connectivity index (χ3v) is 3.93. The molecule has 2 aromatic heterocycles. The number of benzene rings is 1. The van der Waals surface area contributed by atoms with Crippen LogP contribution in [0.5, 0.6) is 0 Å². The van der Waals surface area contributed by atoms with E-state index < -0.39 is 0 Å². The van der Waals surface area contributed by atoms with Crippen LogP contribution in [0.2, 0.25) is 0 Å². The van der Waals surface area contributed by atoms with Gasteiger partial charge in [0.05, 0.1) is 5.69 Å². The Morgan fingerprint density at radius 3 is 2.76 bits per heavy atom. The van der Waals surface area contributed by atoms with Crippen molar-refractivity contribution in [2.45, 2.75) is 6.42 Å². The van der Waals surface area contributed by atoms with Gasteiger partial charge < -0.3 is 15.7 Å². The average Bonchev–Trinajstić information content (AvgIpc) is 2.63. The van der Waals surface area contributed by atoms with Gasteiger partial charge in [0.2, 0.25) is 5.95 Å². The van der Waals surface area contributed by atoms with Crippen LogP contribution in [0.1, 0.15) is 6.42 Å². The molecule has 3 N–H and O–H groups in total. The summed E-state index contributed by atoms with van der Waals surface area (Å²) in [6.07, 6.45) is 4.14. The number of anilines is 3. The van der Waals surface area contributed by atoms with Gasteiger partial charge in [0, 0.05) is 41.3 Å². The lowest BCUT2D eigenvalue weighted by Gasteiger charge is -2.09. The Morgan fingerprint density at radius 1 is 1.04 bits per heavy atom. The van der Waals surface area contributed by atoms with Crippen LogP contribution in [-0.4, -0.2) is 33.2 Å². The highest BCUT2D eigenvalue weighted by Crippen LogP contribution is 2.22. The second-order valence-electron chi connectivity index (χ2n) is 5.33. The van der Waals surface area contributed by atoms with Crippen molar-refractivity contribution in [2.24, 2.45) is 0 Å². The monoisotopic (exact) mass is 399 g/mol. The Bertz CT molecular complexity index is 843. The highest BCUT2D eigenvalue weighted by Gasteiger charge is 2.05. The van der Waals surface area contributed by atoms with Gasteiger partial charge in [0.1, 0.15) is 5.82 Å². The fourth-order valence-corrected chi connectivity index (χ4v) is 2.66. The summed E-state index contributed by atoms with van der Waals surface area (Å²) >= 11 is 3.45. The fraction of sp³-hybridized carbons (Fsp3) is 0.167. The van der Waals surface area contributed by atoms with Crippen LogP contribution in [-0.2, 0) is 0 Å². The Hall–Kier alpha value is -2.51. The lowest BCUT2D eigenvalue weighted by atomic mass is 10.2. The van der Waals surface area contributed by atoms with Crippen LogP contribution < -0.4 is 10.6 Å². The van der Waals surface area contributed by atoms with E-state index in [0.717, 1.165) is 27.2 Å². The van der Waals surface area contributed by atoms with Gasteiger partial charge in [-0.15, -0.1) is 0 Å². The topological polar surface area (TPSA) is 83.0 Å². The van der Waals surface area contributed by atoms with Crippen molar-refractivity contribution in [2.75, 3.05) is 23.8 Å². The number of pyridine rings is 1. The molecular formula is C18H18BrN5O. The van der Waals surface area contributed by atoms with Gasteiger partial charge in [-0.1, -0.05) is 22.0 Å². The molecule has 0 aliphatic rings. The Labute approximate surface area is 154 Å². The van der Waals surface area contributed by atoms with E-state index in [1.807, 2.05) is 42.5 Å². The van der Waals surface area contributed by atoms with Crippen molar-refractivity contribution >= 4 is 33.4 Å². The van der Waals surface area contributed by atoms with E-state index in [2.05, 4.69) is 41.5 Å². The SMILES string of the molecule is OCCCNc1cc(-c2ccnc(Nc3cccc(Br)c3)n2)ccn1. The third-order valence-electron chi connectivity index (χ3n) is 3.43. The Morgan fingerprint density at radius 2 is 1.92 bits per heavy atom. The number of aromatic nitrogens is 3. The van der Waals surface area contributed by atoms with Crippen molar-refractivity contribution in [3.63, 3.8) is 0 Å². The van der Waals surface area contributed by atoms with E-state index in [0.29, 0.717) is 18.9 Å². The largest absolute Gasteiger partial charge is 0.396 e. The highest BCUT2D eigenvalue weighted by molar-refractivity contribution is 9.10. The van der Waals surface area contributed by atoms with Crippen molar-refractivity contribution in [1.29, 1.82) is 0 Å². The summed E-state index contributed by atoms with van der Waals surface area (Å²) in [4.78, 5) is 13.1. The summed E-state index contributed by atoms with van der Waals surface area (Å²) in [5, 5.41) is 15.2. The van der Waals surface area contributed by atoms with Gasteiger partial charge in [-0.25, -0.2) is 15.0 Å². The summed E-state index contributed by atoms with van der Waals surface area (Å²) in [5.74, 6) is 1.29. The molecule has 3 aromatic rings. The number of hydrogen-bond donors (Lipinski definition) is 3. The zero-order valence-electron chi connectivity index (χ0n) is 13.5. The molecule has 6 nitrogen and oxygen atoms in total. The summed E-state index contributed by atoms with van der Waals surface area (Å²) < 4.78 is 0.987. The fourth-order valence-electron chi connectivity index (χ4n) is 2.26. The molecule has 0 aliphatic heterocycles. The minimum Gasteiger partial charge on any atom is -0.396 e. The van der Waals surface area contributed by atoms with Crippen molar-refractivity contribution in [3.8, 4) is 11.3 Å². The van der Waals surface area contributed by atoms with Gasteiger partial charge in [-0.3, -0.25) is 0 Å². The maximum absolute atomic E-state index is 8.86. The molecule has 0 saturated carbocycles. The van der Waals surface area contributed by atoms with Gasteiger partial charge in [0.25, 0.3) is 0 Å². The predicted octanol–water partition coefficient (Wildman–Crippen LogP) is 3.84. The van der Waals surface area contributed by atoms with Crippen molar-refractivity contribution < 1.29 is 5.11 Å². The summed E-state index contributed by atoms with van der Waals surface area (Å²) in [6.45, 7) is 0.829. The number of aliphatic hydroxyl groups is 1. The molecule has 1 aromatic carbocycles. The zero-order valence-corrected chi connectivity index (χ0v) is 15.1. The lowest BCUT2D eigenvalue weighted by molar-refractivity contribution is 0.292. The highest BCUT2D eigenvalue weighted by atomic mass is 79.9. The maximum atomic E-state index is 8.86. The van der Waals surface area contributed by atoms with Crippen LogP contribution >= 0.6 is 15.9 Å². The molecule has 3 rings (SSSR count). The van der Waals surface area contributed by atoms with Crippen LogP contribution in [0.3, 0.4) is 0 Å². The Kier molecular flexibility index (Phi) is 5.92. The molecule has 0 atom stereocenters. The molecule has 0 bridgehead atoms. The number of hydrogen-bond acceptors (Lipinski definition) is 6. The van der Waals surface area contributed by atoms with E-state index >= 15 is 0 Å². The molecule has 7 heteroatoms. The van der Waals surface area contributed by atoms with Crippen LogP contribution in [0.15, 0.2) is 59.3 Å². The molecule has 0 amide bonds. The quantitative estimate of drug-likeness (QED) is 0.523. The van der Waals surface area contributed by atoms with Gasteiger partial charge in [-0.05, 0) is 42.8 Å². The van der Waals surface area contributed by atoms with Gasteiger partial charge in [-0.2, -0.15) is 0 Å². The normalized spacial score (nSPS) is 10.5. The van der Waals surface area contributed by atoms with Gasteiger partial charge >= 0.3 is 0 Å². The summed E-state index contributed by atoms with van der Waals surface area (Å²) in [5.41, 5.74) is 2.66. The molecule has 0 fully saturated rings. The molecule has 0 spiro atoms. The molecule has 25 heavy (non-hydrogen) atoms. The van der Waals surface area contributed by atoms with Gasteiger partial charge in [0.15, 0.2) is 0 Å². The minimum atomic E-state index is 0.156. The number of nitrogens with one attached hydrogen (secondary N) is 2. The lowest BCUT2D eigenvalue weighted by Crippen LogP contribution is -2.05. The van der Waals surface area contributed by atoms with E-state index in [1.54, 1.807) is 12.4 Å². The van der Waals surface area contributed by atoms with Crippen LogP contribution in [0.25, 0.3) is 11.3 Å². The van der Waals surface area contributed by atoms with E-state index in [9.17, 15) is 0 Å². The van der Waals surface area contributed by atoms with E-state index in [4.69, 9.17) is 5.11 Å². The number of halogens is 1. The molecule has 0 aliphatic carbocycles. The maximum Gasteiger partial charge on any atom is 0.227 e. The summed E-state index contributed by atoms with van der Waals surface area (Å²) in [7, 11) is 0. The molecule has 0 saturated heterocycles. The van der Waals surface area contributed by atoms with Crippen LogP contribution in [0.4, 0.5) is 17.5 Å². The first-order valence-corrected chi connectivity index (χ1v) is 8.71. The zero-order chi connectivity index (χ0) is 17.5. The molecule has 2 heterocycles. The second-order valence-corrected chi connectivity index (χ2v) is 6.25. The first-order valence-electron chi connectivity index (χ1n) is 7.91. The Balaban J connectivity index is 1.78. The third kappa shape index (κ3) is 4.98. The molecular weight excluding hydrogens is 382 g/mol. The summed E-state index contributed by atoms with van der Waals surface area (Å²) in [6, 6.07) is 13.5. The molecule has 0 radical (unpaired) electrons. The van der Waals surface area contributed by atoms with Crippen molar-refractivity contribution in [3.05, 3.63) is 59.3 Å².